The van der Waals surface area contributed by atoms with Gasteiger partial charge in [-0.1, -0.05) is 0 Å². The van der Waals surface area contributed by atoms with E-state index in [1.165, 1.54) is 6.20 Å². The normalized spacial score (nSPS) is 13.2. The van der Waals surface area contributed by atoms with Gasteiger partial charge < -0.3 is 0 Å². The fraction of sp³-hybridized carbons (Fsp3) is 0.0769. The molecular formula is C13H8N2O2. The lowest BCUT2D eigenvalue weighted by Crippen LogP contribution is -2.24. The minimum absolute atomic E-state index is 0.221. The van der Waals surface area contributed by atoms with Gasteiger partial charge in [-0.2, -0.15) is 0 Å². The fourth-order valence-electron chi connectivity index (χ4n) is 2.03. The number of carbonyl (C=O) groups is 2. The first kappa shape index (κ1) is 9.84. The molecule has 0 aromatic carbocycles. The zero-order valence-electron chi connectivity index (χ0n) is 9.10. The van der Waals surface area contributed by atoms with Crippen LogP contribution in [-0.4, -0.2) is 21.5 Å². The molecule has 1 aliphatic rings. The zero-order valence-corrected chi connectivity index (χ0v) is 9.10. The number of ketones is 2. The molecule has 0 atom stereocenters. The highest BCUT2D eigenvalue weighted by Gasteiger charge is 2.32. The molecule has 0 saturated carbocycles. The van der Waals surface area contributed by atoms with E-state index in [-0.39, 0.29) is 23.0 Å². The summed E-state index contributed by atoms with van der Waals surface area (Å²) in [4.78, 5) is 32.4. The van der Waals surface area contributed by atoms with Crippen LogP contribution < -0.4 is 0 Å². The Morgan fingerprint density at radius 1 is 0.941 bits per heavy atom. The van der Waals surface area contributed by atoms with Gasteiger partial charge in [0.25, 0.3) is 0 Å². The molecule has 3 rings (SSSR count). The third-order valence-electron chi connectivity index (χ3n) is 2.87. The van der Waals surface area contributed by atoms with Gasteiger partial charge in [0.2, 0.25) is 11.6 Å². The van der Waals surface area contributed by atoms with Gasteiger partial charge in [0, 0.05) is 12.4 Å². The summed E-state index contributed by atoms with van der Waals surface area (Å²) in [5.74, 6) is -0.452. The summed E-state index contributed by atoms with van der Waals surface area (Å²) in [7, 11) is 0. The molecule has 17 heavy (non-hydrogen) atoms. The van der Waals surface area contributed by atoms with Crippen LogP contribution in [0.25, 0.3) is 0 Å². The third-order valence-corrected chi connectivity index (χ3v) is 2.87. The van der Waals surface area contributed by atoms with Crippen molar-refractivity contribution in [1.82, 2.24) is 9.97 Å². The van der Waals surface area contributed by atoms with Crippen molar-refractivity contribution >= 4 is 11.6 Å². The number of nitrogens with zero attached hydrogens (tertiary/aromatic N) is 2. The number of hydrogen-bond donors (Lipinski definition) is 0. The quantitative estimate of drug-likeness (QED) is 0.581. The van der Waals surface area contributed by atoms with Crippen molar-refractivity contribution in [2.24, 2.45) is 0 Å². The van der Waals surface area contributed by atoms with E-state index in [0.29, 0.717) is 11.1 Å². The minimum atomic E-state index is -0.230. The number of aryl methyl sites for hydroxylation is 1. The van der Waals surface area contributed by atoms with Crippen LogP contribution >= 0.6 is 0 Å². The predicted molar refractivity (Wildman–Crippen MR) is 60.1 cm³/mol. The van der Waals surface area contributed by atoms with Gasteiger partial charge in [-0.3, -0.25) is 19.6 Å². The van der Waals surface area contributed by atoms with E-state index in [9.17, 15) is 9.59 Å². The lowest BCUT2D eigenvalue weighted by atomic mass is 9.88. The Morgan fingerprint density at radius 2 is 1.71 bits per heavy atom. The number of pyridine rings is 2. The van der Waals surface area contributed by atoms with E-state index in [2.05, 4.69) is 9.97 Å². The maximum absolute atomic E-state index is 12.2. The van der Waals surface area contributed by atoms with Crippen LogP contribution in [0.1, 0.15) is 37.7 Å². The highest BCUT2D eigenvalue weighted by atomic mass is 16.1. The molecule has 0 N–H and O–H groups in total. The van der Waals surface area contributed by atoms with E-state index in [0.717, 1.165) is 5.56 Å². The molecule has 0 spiro atoms. The molecule has 2 aromatic rings. The van der Waals surface area contributed by atoms with E-state index in [1.807, 2.05) is 0 Å². The lowest BCUT2D eigenvalue weighted by Gasteiger charge is -2.16. The molecular weight excluding hydrogens is 216 g/mol. The second-order valence-electron chi connectivity index (χ2n) is 3.91. The summed E-state index contributed by atoms with van der Waals surface area (Å²) >= 11 is 0. The summed E-state index contributed by atoms with van der Waals surface area (Å²) in [6.07, 6.45) is 3.06. The number of hydrogen-bond acceptors (Lipinski definition) is 4. The van der Waals surface area contributed by atoms with Crippen LogP contribution in [0.5, 0.6) is 0 Å². The second-order valence-corrected chi connectivity index (χ2v) is 3.91. The minimum Gasteiger partial charge on any atom is -0.287 e. The van der Waals surface area contributed by atoms with Crippen LogP contribution in [0.15, 0.2) is 30.6 Å². The van der Waals surface area contributed by atoms with E-state index in [1.54, 1.807) is 31.3 Å². The molecule has 0 fully saturated rings. The third kappa shape index (κ3) is 1.24. The lowest BCUT2D eigenvalue weighted by molar-refractivity contribution is 0.0971. The first-order valence-electron chi connectivity index (χ1n) is 5.20. The summed E-state index contributed by atoms with van der Waals surface area (Å²) in [5.41, 5.74) is 1.92. The van der Waals surface area contributed by atoms with Gasteiger partial charge in [0.1, 0.15) is 11.4 Å². The molecule has 4 heteroatoms. The number of fused-ring (bicyclic) bond motifs is 2. The smallest absolute Gasteiger partial charge is 0.214 e. The Morgan fingerprint density at radius 3 is 2.53 bits per heavy atom. The molecule has 82 valence electrons. The Hall–Kier alpha value is -2.36. The topological polar surface area (TPSA) is 59.9 Å². The average molecular weight is 224 g/mol. The standard InChI is InChI=1S/C13H8N2O2/c1-7-4-6-15-11-9(7)13(17)10-8(12(11)16)3-2-5-14-10/h2-6H,1H3. The van der Waals surface area contributed by atoms with Crippen LogP contribution in [0.4, 0.5) is 0 Å². The van der Waals surface area contributed by atoms with Gasteiger partial charge in [0.05, 0.1) is 11.1 Å². The second kappa shape index (κ2) is 3.31. The highest BCUT2D eigenvalue weighted by molar-refractivity contribution is 6.27. The zero-order chi connectivity index (χ0) is 12.0. The summed E-state index contributed by atoms with van der Waals surface area (Å²) < 4.78 is 0. The molecule has 0 radical (unpaired) electrons. The molecule has 1 aliphatic carbocycles. The van der Waals surface area contributed by atoms with Crippen molar-refractivity contribution < 1.29 is 9.59 Å². The summed E-state index contributed by atoms with van der Waals surface area (Å²) in [6, 6.07) is 4.97. The SMILES string of the molecule is Cc1ccnc2c1C(=O)c1ncccc1C2=O. The number of carbonyl (C=O) groups excluding carboxylic acids is 2. The fourth-order valence-corrected chi connectivity index (χ4v) is 2.03. The average Bonchev–Trinajstić information content (AvgIpc) is 2.36. The van der Waals surface area contributed by atoms with Gasteiger partial charge in [-0.15, -0.1) is 0 Å². The van der Waals surface area contributed by atoms with Gasteiger partial charge in [0.15, 0.2) is 0 Å². The Balaban J connectivity index is 2.37. The van der Waals surface area contributed by atoms with Crippen LogP contribution in [0.3, 0.4) is 0 Å². The highest BCUT2D eigenvalue weighted by Crippen LogP contribution is 2.26. The van der Waals surface area contributed by atoms with E-state index in [4.69, 9.17) is 0 Å². The molecule has 0 saturated heterocycles. The number of aromatic nitrogens is 2. The van der Waals surface area contributed by atoms with Gasteiger partial charge >= 0.3 is 0 Å². The molecule has 0 bridgehead atoms. The maximum atomic E-state index is 12.2. The van der Waals surface area contributed by atoms with Crippen molar-refractivity contribution in [3.63, 3.8) is 0 Å². The van der Waals surface area contributed by atoms with Crippen molar-refractivity contribution in [1.29, 1.82) is 0 Å². The van der Waals surface area contributed by atoms with Crippen LogP contribution in [0, 0.1) is 6.92 Å². The Labute approximate surface area is 97.3 Å². The van der Waals surface area contributed by atoms with Crippen molar-refractivity contribution in [2.45, 2.75) is 6.92 Å². The first-order chi connectivity index (χ1) is 8.20. The van der Waals surface area contributed by atoms with E-state index >= 15 is 0 Å². The van der Waals surface area contributed by atoms with Crippen molar-refractivity contribution in [3.8, 4) is 0 Å². The number of rotatable bonds is 0. The first-order valence-corrected chi connectivity index (χ1v) is 5.20. The van der Waals surface area contributed by atoms with Gasteiger partial charge in [-0.05, 0) is 30.7 Å². The van der Waals surface area contributed by atoms with Gasteiger partial charge in [-0.25, -0.2) is 0 Å². The monoisotopic (exact) mass is 224 g/mol. The Bertz CT molecular complexity index is 662. The molecule has 4 nitrogen and oxygen atoms in total. The molecule has 0 aliphatic heterocycles. The van der Waals surface area contributed by atoms with Crippen molar-refractivity contribution in [3.05, 3.63) is 58.7 Å². The van der Waals surface area contributed by atoms with E-state index < -0.39 is 0 Å². The largest absolute Gasteiger partial charge is 0.287 e. The predicted octanol–water partition coefficient (Wildman–Crippen LogP) is 1.56. The molecule has 0 amide bonds. The summed E-state index contributed by atoms with van der Waals surface area (Å²) in [6.45, 7) is 1.79. The van der Waals surface area contributed by atoms with Crippen LogP contribution in [-0.2, 0) is 0 Å². The molecule has 2 heterocycles. The molecule has 0 unspecified atom stereocenters. The summed E-state index contributed by atoms with van der Waals surface area (Å²) in [5, 5.41) is 0. The van der Waals surface area contributed by atoms with Crippen LogP contribution in [0.2, 0.25) is 0 Å². The van der Waals surface area contributed by atoms with Crippen molar-refractivity contribution in [2.75, 3.05) is 0 Å². The maximum Gasteiger partial charge on any atom is 0.214 e. The Kier molecular flexibility index (Phi) is 1.92. The molecule has 2 aromatic heterocycles.